The smallest absolute Gasteiger partial charge is 0.177 e. The van der Waals surface area contributed by atoms with E-state index in [9.17, 15) is 5.11 Å². The zero-order valence-corrected chi connectivity index (χ0v) is 10.3. The van der Waals surface area contributed by atoms with Crippen LogP contribution in [0.1, 0.15) is 33.0 Å². The number of aromatic nitrogens is 4. The first-order chi connectivity index (χ1) is 7.51. The minimum Gasteiger partial charge on any atom is -0.390 e. The van der Waals surface area contributed by atoms with Crippen LogP contribution in [0.15, 0.2) is 0 Å². The number of nitrogens with zero attached hydrogens (tertiary/aromatic N) is 4. The number of aliphatic hydroxyl groups is 1. The van der Waals surface area contributed by atoms with E-state index in [-0.39, 0.29) is 0 Å². The molecule has 0 radical (unpaired) electrons. The molecule has 0 aliphatic rings. The number of hydrogen-bond acceptors (Lipinski definition) is 5. The molecule has 0 aliphatic heterocycles. The Hall–Kier alpha value is -1.01. The van der Waals surface area contributed by atoms with Gasteiger partial charge in [-0.2, -0.15) is 4.80 Å². The maximum absolute atomic E-state index is 10.1. The van der Waals surface area contributed by atoms with Gasteiger partial charge in [0, 0.05) is 13.0 Å². The highest BCUT2D eigenvalue weighted by Crippen LogP contribution is 2.22. The zero-order chi connectivity index (χ0) is 12.2. The van der Waals surface area contributed by atoms with E-state index in [0.29, 0.717) is 18.9 Å². The average Bonchev–Trinajstić information content (AvgIpc) is 2.64. The maximum Gasteiger partial charge on any atom is 0.177 e. The number of hydrogen-bond donors (Lipinski definition) is 1. The predicted molar refractivity (Wildman–Crippen MR) is 58.8 cm³/mol. The Labute approximate surface area is 95.6 Å². The summed E-state index contributed by atoms with van der Waals surface area (Å²) >= 11 is 0. The van der Waals surface area contributed by atoms with Gasteiger partial charge in [0.15, 0.2) is 5.82 Å². The van der Waals surface area contributed by atoms with Crippen molar-refractivity contribution < 1.29 is 9.84 Å². The molecule has 0 spiro atoms. The summed E-state index contributed by atoms with van der Waals surface area (Å²) < 4.78 is 5.59. The van der Waals surface area contributed by atoms with Gasteiger partial charge in [-0.15, -0.1) is 10.2 Å². The lowest BCUT2D eigenvalue weighted by atomic mass is 9.93. The normalized spacial score (nSPS) is 17.1. The van der Waals surface area contributed by atoms with Crippen LogP contribution in [0.5, 0.6) is 0 Å². The largest absolute Gasteiger partial charge is 0.390 e. The Kier molecular flexibility index (Phi) is 4.37. The summed E-state index contributed by atoms with van der Waals surface area (Å²) in [4.78, 5) is 1.38. The summed E-state index contributed by atoms with van der Waals surface area (Å²) in [5.74, 6) is 0.536. The van der Waals surface area contributed by atoms with Gasteiger partial charge in [0.1, 0.15) is 0 Å². The highest BCUT2D eigenvalue weighted by molar-refractivity contribution is 4.91. The molecular weight excluding hydrogens is 208 g/mol. The minimum absolute atomic E-state index is 0.359. The van der Waals surface area contributed by atoms with Crippen molar-refractivity contribution in [3.63, 3.8) is 0 Å². The molecule has 0 saturated heterocycles. The molecule has 0 fully saturated rings. The van der Waals surface area contributed by atoms with E-state index in [1.807, 2.05) is 20.8 Å². The molecule has 0 amide bonds. The molecule has 1 heterocycles. The molecule has 0 aromatic carbocycles. The zero-order valence-electron chi connectivity index (χ0n) is 10.3. The highest BCUT2D eigenvalue weighted by atomic mass is 16.5. The fourth-order valence-corrected chi connectivity index (χ4v) is 1.56. The van der Waals surface area contributed by atoms with Gasteiger partial charge in [-0.25, -0.2) is 0 Å². The second-order valence-electron chi connectivity index (χ2n) is 4.01. The molecule has 1 aromatic heterocycles. The van der Waals surface area contributed by atoms with Crippen molar-refractivity contribution in [3.05, 3.63) is 5.82 Å². The molecule has 0 saturated carbocycles. The lowest BCUT2D eigenvalue weighted by molar-refractivity contribution is -0.110. The van der Waals surface area contributed by atoms with E-state index < -0.39 is 11.7 Å². The monoisotopic (exact) mass is 228 g/mol. The Morgan fingerprint density at radius 3 is 2.62 bits per heavy atom. The van der Waals surface area contributed by atoms with Crippen molar-refractivity contribution in [1.29, 1.82) is 0 Å². The quantitative estimate of drug-likeness (QED) is 0.759. The first-order valence-corrected chi connectivity index (χ1v) is 5.56. The van der Waals surface area contributed by atoms with Gasteiger partial charge in [0.2, 0.25) is 0 Å². The van der Waals surface area contributed by atoms with E-state index >= 15 is 0 Å². The van der Waals surface area contributed by atoms with Crippen molar-refractivity contribution >= 4 is 0 Å². The van der Waals surface area contributed by atoms with E-state index in [0.717, 1.165) is 6.42 Å². The van der Waals surface area contributed by atoms with Crippen molar-refractivity contribution in [3.8, 4) is 0 Å². The predicted octanol–water partition coefficient (Wildman–Crippen LogP) is 0.319. The van der Waals surface area contributed by atoms with Crippen LogP contribution in [0.3, 0.4) is 0 Å². The molecule has 1 aromatic rings. The lowest BCUT2D eigenvalue weighted by Gasteiger charge is -2.32. The van der Waals surface area contributed by atoms with Gasteiger partial charge < -0.3 is 9.84 Å². The summed E-state index contributed by atoms with van der Waals surface area (Å²) in [6.07, 6.45) is 0.474. The fourth-order valence-electron chi connectivity index (χ4n) is 1.56. The van der Waals surface area contributed by atoms with E-state index in [4.69, 9.17) is 4.74 Å². The SMILES string of the molecule is CCOC(C)(CC)C(O)Cc1nnn(C)n1. The summed E-state index contributed by atoms with van der Waals surface area (Å²) in [6.45, 7) is 6.39. The third-order valence-corrected chi connectivity index (χ3v) is 2.81. The summed E-state index contributed by atoms with van der Waals surface area (Å²) in [5, 5.41) is 21.7. The van der Waals surface area contributed by atoms with Crippen LogP contribution in [0.25, 0.3) is 0 Å². The van der Waals surface area contributed by atoms with E-state index in [2.05, 4.69) is 15.4 Å². The van der Waals surface area contributed by atoms with Gasteiger partial charge in [-0.1, -0.05) is 6.92 Å². The number of rotatable bonds is 6. The first-order valence-electron chi connectivity index (χ1n) is 5.56. The molecule has 1 N–H and O–H groups in total. The van der Waals surface area contributed by atoms with Crippen molar-refractivity contribution in [2.45, 2.75) is 45.3 Å². The minimum atomic E-state index is -0.623. The van der Waals surface area contributed by atoms with Crippen molar-refractivity contribution in [2.24, 2.45) is 7.05 Å². The van der Waals surface area contributed by atoms with Crippen LogP contribution >= 0.6 is 0 Å². The van der Waals surface area contributed by atoms with Crippen LogP contribution in [0.2, 0.25) is 0 Å². The van der Waals surface area contributed by atoms with Crippen molar-refractivity contribution in [2.75, 3.05) is 6.61 Å². The average molecular weight is 228 g/mol. The molecule has 2 atom stereocenters. The summed E-state index contributed by atoms with van der Waals surface area (Å²) in [5.41, 5.74) is -0.548. The second kappa shape index (κ2) is 5.36. The van der Waals surface area contributed by atoms with Crippen LogP contribution in [0, 0.1) is 0 Å². The summed E-state index contributed by atoms with van der Waals surface area (Å²) in [6, 6.07) is 0. The molecule has 0 aliphatic carbocycles. The Balaban J connectivity index is 2.65. The van der Waals surface area contributed by atoms with Gasteiger partial charge in [0.05, 0.1) is 18.8 Å². The molecule has 2 unspecified atom stereocenters. The number of ether oxygens (including phenoxy) is 1. The molecule has 6 heteroatoms. The first kappa shape index (κ1) is 13.1. The van der Waals surface area contributed by atoms with Gasteiger partial charge >= 0.3 is 0 Å². The van der Waals surface area contributed by atoms with Gasteiger partial charge in [0.25, 0.3) is 0 Å². The number of tetrazole rings is 1. The van der Waals surface area contributed by atoms with Crippen LogP contribution in [0.4, 0.5) is 0 Å². The topological polar surface area (TPSA) is 73.1 Å². The lowest BCUT2D eigenvalue weighted by Crippen LogP contribution is -2.43. The molecule has 1 rings (SSSR count). The standard InChI is InChI=1S/C10H20N4O2/c1-5-10(3,16-6-2)8(15)7-9-11-13-14(4)12-9/h8,15H,5-7H2,1-4H3. The van der Waals surface area contributed by atoms with Crippen LogP contribution in [-0.4, -0.2) is 43.6 Å². The van der Waals surface area contributed by atoms with Crippen LogP contribution < -0.4 is 0 Å². The Morgan fingerprint density at radius 2 is 2.19 bits per heavy atom. The highest BCUT2D eigenvalue weighted by Gasteiger charge is 2.32. The molecule has 6 nitrogen and oxygen atoms in total. The van der Waals surface area contributed by atoms with Crippen molar-refractivity contribution in [1.82, 2.24) is 20.2 Å². The molecule has 16 heavy (non-hydrogen) atoms. The number of aliphatic hydroxyl groups excluding tert-OH is 1. The third-order valence-electron chi connectivity index (χ3n) is 2.81. The van der Waals surface area contributed by atoms with E-state index in [1.165, 1.54) is 4.80 Å². The Morgan fingerprint density at radius 1 is 1.50 bits per heavy atom. The second-order valence-corrected chi connectivity index (χ2v) is 4.01. The number of aryl methyl sites for hydroxylation is 1. The van der Waals surface area contributed by atoms with Gasteiger partial charge in [-0.3, -0.25) is 0 Å². The molecule has 0 bridgehead atoms. The summed E-state index contributed by atoms with van der Waals surface area (Å²) in [7, 11) is 1.70. The van der Waals surface area contributed by atoms with E-state index in [1.54, 1.807) is 7.05 Å². The third kappa shape index (κ3) is 2.99. The molecule has 92 valence electrons. The van der Waals surface area contributed by atoms with Gasteiger partial charge in [-0.05, 0) is 25.5 Å². The Bertz CT molecular complexity index is 328. The molecular formula is C10H20N4O2. The van der Waals surface area contributed by atoms with Crippen LogP contribution in [-0.2, 0) is 18.2 Å². The maximum atomic E-state index is 10.1. The fraction of sp³-hybridized carbons (Fsp3) is 0.900.